The first kappa shape index (κ1) is 15.7. The van der Waals surface area contributed by atoms with E-state index in [0.29, 0.717) is 17.0 Å². The highest BCUT2D eigenvalue weighted by Gasteiger charge is 2.22. The van der Waals surface area contributed by atoms with Gasteiger partial charge >= 0.3 is 5.97 Å². The number of hydrogen-bond donors (Lipinski definition) is 2. The van der Waals surface area contributed by atoms with Gasteiger partial charge in [-0.25, -0.2) is 4.79 Å². The minimum Gasteiger partial charge on any atom is -0.480 e. The van der Waals surface area contributed by atoms with Crippen molar-refractivity contribution in [3.8, 4) is 0 Å². The zero-order valence-corrected chi connectivity index (χ0v) is 12.7. The van der Waals surface area contributed by atoms with Gasteiger partial charge in [0, 0.05) is 36.6 Å². The van der Waals surface area contributed by atoms with Crippen LogP contribution in [0, 0.1) is 13.8 Å². The SMILES string of the molecule is Cc1cc(C(=O)NC(Cc2cnn(C)c2)C(=O)O)cc(C)n1. The quantitative estimate of drug-likeness (QED) is 0.853. The van der Waals surface area contributed by atoms with Gasteiger partial charge in [0.25, 0.3) is 5.91 Å². The molecule has 2 aromatic rings. The monoisotopic (exact) mass is 302 g/mol. The van der Waals surface area contributed by atoms with Crippen molar-refractivity contribution in [3.63, 3.8) is 0 Å². The molecule has 0 bridgehead atoms. The Bertz CT molecular complexity index is 688. The highest BCUT2D eigenvalue weighted by Crippen LogP contribution is 2.07. The Morgan fingerprint density at radius 1 is 1.32 bits per heavy atom. The molecule has 2 rings (SSSR count). The summed E-state index contributed by atoms with van der Waals surface area (Å²) >= 11 is 0. The number of carbonyl (C=O) groups excluding carboxylic acids is 1. The predicted molar refractivity (Wildman–Crippen MR) is 79.5 cm³/mol. The van der Waals surface area contributed by atoms with E-state index >= 15 is 0 Å². The molecule has 0 radical (unpaired) electrons. The molecule has 0 fully saturated rings. The van der Waals surface area contributed by atoms with E-state index in [1.54, 1.807) is 50.1 Å². The lowest BCUT2D eigenvalue weighted by molar-refractivity contribution is -0.139. The van der Waals surface area contributed by atoms with E-state index in [0.717, 1.165) is 5.56 Å². The van der Waals surface area contributed by atoms with E-state index in [-0.39, 0.29) is 6.42 Å². The molecule has 7 nitrogen and oxygen atoms in total. The van der Waals surface area contributed by atoms with Gasteiger partial charge in [0.1, 0.15) is 6.04 Å². The van der Waals surface area contributed by atoms with Crippen molar-refractivity contribution in [2.75, 3.05) is 0 Å². The normalized spacial score (nSPS) is 12.0. The summed E-state index contributed by atoms with van der Waals surface area (Å²) in [6, 6.07) is 2.25. The lowest BCUT2D eigenvalue weighted by atomic mass is 10.1. The fourth-order valence-electron chi connectivity index (χ4n) is 2.22. The van der Waals surface area contributed by atoms with Crippen LogP contribution < -0.4 is 5.32 Å². The summed E-state index contributed by atoms with van der Waals surface area (Å²) in [5.74, 6) is -1.51. The standard InChI is InChI=1S/C15H18N4O3/c1-9-4-12(5-10(2)17-9)14(20)18-13(15(21)22)6-11-7-16-19(3)8-11/h4-5,7-8,13H,6H2,1-3H3,(H,18,20)(H,21,22). The van der Waals surface area contributed by atoms with Crippen molar-refractivity contribution in [2.24, 2.45) is 7.05 Å². The second-order valence-corrected chi connectivity index (χ2v) is 5.23. The van der Waals surface area contributed by atoms with Gasteiger partial charge in [-0.1, -0.05) is 0 Å². The molecule has 0 aliphatic carbocycles. The molecule has 0 saturated heterocycles. The van der Waals surface area contributed by atoms with Gasteiger partial charge < -0.3 is 10.4 Å². The van der Waals surface area contributed by atoms with Crippen molar-refractivity contribution < 1.29 is 14.7 Å². The molecule has 1 atom stereocenters. The van der Waals surface area contributed by atoms with Crippen molar-refractivity contribution >= 4 is 11.9 Å². The van der Waals surface area contributed by atoms with Gasteiger partial charge in [-0.2, -0.15) is 5.10 Å². The van der Waals surface area contributed by atoms with Crippen LogP contribution in [-0.4, -0.2) is 37.8 Å². The number of aliphatic carboxylic acids is 1. The molecule has 22 heavy (non-hydrogen) atoms. The van der Waals surface area contributed by atoms with Gasteiger partial charge in [0.15, 0.2) is 0 Å². The number of aryl methyl sites for hydroxylation is 3. The number of hydrogen-bond acceptors (Lipinski definition) is 4. The highest BCUT2D eigenvalue weighted by molar-refractivity contribution is 5.96. The number of pyridine rings is 1. The third kappa shape index (κ3) is 3.91. The number of amides is 1. The summed E-state index contributed by atoms with van der Waals surface area (Å²) in [4.78, 5) is 27.8. The molecule has 7 heteroatoms. The Morgan fingerprint density at radius 2 is 1.95 bits per heavy atom. The van der Waals surface area contributed by atoms with Crippen LogP contribution in [0.5, 0.6) is 0 Å². The van der Waals surface area contributed by atoms with Crippen LogP contribution in [0.15, 0.2) is 24.5 Å². The first-order valence-corrected chi connectivity index (χ1v) is 6.81. The number of aromatic nitrogens is 3. The van der Waals surface area contributed by atoms with E-state index in [2.05, 4.69) is 15.4 Å². The van der Waals surface area contributed by atoms with Crippen LogP contribution in [0.1, 0.15) is 27.3 Å². The van der Waals surface area contributed by atoms with Crippen molar-refractivity contribution in [2.45, 2.75) is 26.3 Å². The average molecular weight is 302 g/mol. The summed E-state index contributed by atoms with van der Waals surface area (Å²) < 4.78 is 1.59. The number of carboxylic acid groups (broad SMARTS) is 1. The largest absolute Gasteiger partial charge is 0.480 e. The van der Waals surface area contributed by atoms with Crippen LogP contribution in [0.3, 0.4) is 0 Å². The van der Waals surface area contributed by atoms with Crippen molar-refractivity contribution in [1.29, 1.82) is 0 Å². The van der Waals surface area contributed by atoms with Crippen LogP contribution in [-0.2, 0) is 18.3 Å². The third-order valence-corrected chi connectivity index (χ3v) is 3.15. The maximum absolute atomic E-state index is 12.2. The molecular formula is C15H18N4O3. The molecule has 0 aliphatic heterocycles. The summed E-state index contributed by atoms with van der Waals surface area (Å²) in [6.45, 7) is 3.57. The molecule has 0 saturated carbocycles. The minimum absolute atomic E-state index is 0.179. The van der Waals surface area contributed by atoms with Crippen LogP contribution in [0.4, 0.5) is 0 Å². The fraction of sp³-hybridized carbons (Fsp3) is 0.333. The molecule has 2 aromatic heterocycles. The van der Waals surface area contributed by atoms with Gasteiger partial charge in [-0.15, -0.1) is 0 Å². The molecule has 2 heterocycles. The number of nitrogens with zero attached hydrogens (tertiary/aromatic N) is 3. The molecule has 1 amide bonds. The van der Waals surface area contributed by atoms with Gasteiger partial charge in [0.2, 0.25) is 0 Å². The Balaban J connectivity index is 2.13. The Morgan fingerprint density at radius 3 is 2.45 bits per heavy atom. The van der Waals surface area contributed by atoms with E-state index in [4.69, 9.17) is 0 Å². The first-order chi connectivity index (χ1) is 10.3. The average Bonchev–Trinajstić information content (AvgIpc) is 2.82. The lowest BCUT2D eigenvalue weighted by Gasteiger charge is -2.14. The van der Waals surface area contributed by atoms with E-state index in [9.17, 15) is 14.7 Å². The van der Waals surface area contributed by atoms with Gasteiger partial charge in [-0.3, -0.25) is 14.5 Å². The van der Waals surface area contributed by atoms with E-state index in [1.165, 1.54) is 0 Å². The van der Waals surface area contributed by atoms with Crippen molar-refractivity contribution in [1.82, 2.24) is 20.1 Å². The topological polar surface area (TPSA) is 97.1 Å². The summed E-state index contributed by atoms with van der Waals surface area (Å²) in [7, 11) is 1.75. The maximum Gasteiger partial charge on any atom is 0.326 e. The maximum atomic E-state index is 12.2. The number of nitrogens with one attached hydrogen (secondary N) is 1. The molecule has 0 aromatic carbocycles. The lowest BCUT2D eigenvalue weighted by Crippen LogP contribution is -2.42. The zero-order valence-electron chi connectivity index (χ0n) is 12.7. The summed E-state index contributed by atoms with van der Waals surface area (Å²) in [5.41, 5.74) is 2.58. The molecule has 2 N–H and O–H groups in total. The zero-order chi connectivity index (χ0) is 16.3. The van der Waals surface area contributed by atoms with Crippen LogP contribution in [0.2, 0.25) is 0 Å². The fourth-order valence-corrected chi connectivity index (χ4v) is 2.22. The first-order valence-electron chi connectivity index (χ1n) is 6.81. The summed E-state index contributed by atoms with van der Waals surface area (Å²) in [6.07, 6.45) is 3.49. The third-order valence-electron chi connectivity index (χ3n) is 3.15. The molecule has 1 unspecified atom stereocenters. The molecule has 0 aliphatic rings. The Labute approximate surface area is 128 Å². The number of carbonyl (C=O) groups is 2. The van der Waals surface area contributed by atoms with Crippen molar-refractivity contribution in [3.05, 3.63) is 47.0 Å². The Kier molecular flexibility index (Phi) is 4.55. The van der Waals surface area contributed by atoms with Gasteiger partial charge in [-0.05, 0) is 31.5 Å². The second-order valence-electron chi connectivity index (χ2n) is 5.23. The van der Waals surface area contributed by atoms with Gasteiger partial charge in [0.05, 0.1) is 6.20 Å². The predicted octanol–water partition coefficient (Wildman–Crippen LogP) is 0.858. The van der Waals surface area contributed by atoms with E-state index in [1.807, 2.05) is 0 Å². The number of carboxylic acids is 1. The Hall–Kier alpha value is -2.70. The summed E-state index contributed by atoms with van der Waals surface area (Å²) in [5, 5.41) is 15.8. The van der Waals surface area contributed by atoms with E-state index < -0.39 is 17.9 Å². The molecule has 116 valence electrons. The van der Waals surface area contributed by atoms with Crippen LogP contribution in [0.25, 0.3) is 0 Å². The highest BCUT2D eigenvalue weighted by atomic mass is 16.4. The molecule has 0 spiro atoms. The molecular weight excluding hydrogens is 284 g/mol. The van der Waals surface area contributed by atoms with Crippen LogP contribution >= 0.6 is 0 Å². The minimum atomic E-state index is -1.08. The smallest absolute Gasteiger partial charge is 0.326 e. The number of rotatable bonds is 5. The second kappa shape index (κ2) is 6.38.